The number of nitrogens with one attached hydrogen (secondary N) is 1. The molecule has 0 saturated carbocycles. The van der Waals surface area contributed by atoms with Crippen molar-refractivity contribution in [1.82, 2.24) is 10.4 Å². The van der Waals surface area contributed by atoms with Crippen LogP contribution in [0.3, 0.4) is 0 Å². The fourth-order valence-electron chi connectivity index (χ4n) is 1.87. The van der Waals surface area contributed by atoms with Crippen LogP contribution in [0.25, 0.3) is 0 Å². The minimum atomic E-state index is -0.371. The van der Waals surface area contributed by atoms with E-state index in [1.54, 1.807) is 30.6 Å². The van der Waals surface area contributed by atoms with Crippen molar-refractivity contribution in [2.75, 3.05) is 5.73 Å². The molecular formula is C13H14BrFN4. The Kier molecular flexibility index (Phi) is 4.47. The Morgan fingerprint density at radius 3 is 2.84 bits per heavy atom. The van der Waals surface area contributed by atoms with Crippen LogP contribution < -0.4 is 17.0 Å². The third-order valence-corrected chi connectivity index (χ3v) is 3.39. The first-order valence-electron chi connectivity index (χ1n) is 5.71. The van der Waals surface area contributed by atoms with Crippen LogP contribution in [-0.4, -0.2) is 4.98 Å². The molecule has 100 valence electrons. The number of nitrogens with zero attached hydrogens (tertiary/aromatic N) is 1. The summed E-state index contributed by atoms with van der Waals surface area (Å²) >= 11 is 3.32. The van der Waals surface area contributed by atoms with E-state index >= 15 is 0 Å². The maximum Gasteiger partial charge on any atom is 0.128 e. The van der Waals surface area contributed by atoms with Gasteiger partial charge >= 0.3 is 0 Å². The number of aromatic nitrogens is 1. The quantitative estimate of drug-likeness (QED) is 0.595. The first-order chi connectivity index (χ1) is 9.11. The number of hydrogen-bond donors (Lipinski definition) is 3. The molecule has 0 aliphatic carbocycles. The molecular weight excluding hydrogens is 311 g/mol. The maximum atomic E-state index is 13.8. The molecule has 0 saturated heterocycles. The number of rotatable bonds is 4. The van der Waals surface area contributed by atoms with Crippen LogP contribution in [0.4, 0.5) is 10.1 Å². The van der Waals surface area contributed by atoms with Gasteiger partial charge in [-0.15, -0.1) is 0 Å². The summed E-state index contributed by atoms with van der Waals surface area (Å²) in [6, 6.07) is 6.08. The number of hydrogen-bond acceptors (Lipinski definition) is 4. The van der Waals surface area contributed by atoms with Gasteiger partial charge in [0.1, 0.15) is 5.82 Å². The summed E-state index contributed by atoms with van der Waals surface area (Å²) in [5.41, 5.74) is 10.4. The lowest BCUT2D eigenvalue weighted by Crippen LogP contribution is -2.30. The van der Waals surface area contributed by atoms with E-state index < -0.39 is 0 Å². The molecule has 1 atom stereocenters. The zero-order valence-corrected chi connectivity index (χ0v) is 11.7. The van der Waals surface area contributed by atoms with Crippen molar-refractivity contribution in [3.8, 4) is 0 Å². The first-order valence-corrected chi connectivity index (χ1v) is 6.50. The molecule has 4 nitrogen and oxygen atoms in total. The first kappa shape index (κ1) is 13.9. The summed E-state index contributed by atoms with van der Waals surface area (Å²) in [7, 11) is 0. The normalized spacial score (nSPS) is 12.4. The average Bonchev–Trinajstić information content (AvgIpc) is 2.41. The summed E-state index contributed by atoms with van der Waals surface area (Å²) in [4.78, 5) is 4.01. The van der Waals surface area contributed by atoms with Gasteiger partial charge in [-0.3, -0.25) is 16.3 Å². The molecule has 0 aliphatic heterocycles. The standard InChI is InChI=1S/C13H14BrFN4/c14-9-1-2-11(15)10(6-9)13(19-17)5-8-7-18-4-3-12(8)16/h1-4,6-7,13,19H,5,17H2,(H2,16,18). The monoisotopic (exact) mass is 324 g/mol. The molecule has 0 fully saturated rings. The van der Waals surface area contributed by atoms with Gasteiger partial charge in [-0.2, -0.15) is 0 Å². The summed E-state index contributed by atoms with van der Waals surface area (Å²) in [5, 5.41) is 0. The smallest absolute Gasteiger partial charge is 0.128 e. The van der Waals surface area contributed by atoms with E-state index in [9.17, 15) is 4.39 Å². The largest absolute Gasteiger partial charge is 0.398 e. The molecule has 1 aromatic heterocycles. The predicted octanol–water partition coefficient (Wildman–Crippen LogP) is 2.31. The van der Waals surface area contributed by atoms with Crippen molar-refractivity contribution in [2.45, 2.75) is 12.5 Å². The third kappa shape index (κ3) is 3.28. The minimum absolute atomic E-state index is 0.311. The number of nitrogens with two attached hydrogens (primary N) is 2. The van der Waals surface area contributed by atoms with Gasteiger partial charge in [0, 0.05) is 28.1 Å². The van der Waals surface area contributed by atoms with Crippen molar-refractivity contribution in [2.24, 2.45) is 5.84 Å². The van der Waals surface area contributed by atoms with E-state index in [-0.39, 0.29) is 11.9 Å². The average molecular weight is 325 g/mol. The molecule has 2 rings (SSSR count). The SMILES string of the molecule is NNC(Cc1cnccc1N)c1cc(Br)ccc1F. The zero-order chi connectivity index (χ0) is 13.8. The molecule has 6 heteroatoms. The van der Waals surface area contributed by atoms with Crippen molar-refractivity contribution in [3.05, 3.63) is 58.1 Å². The van der Waals surface area contributed by atoms with E-state index in [1.165, 1.54) is 6.07 Å². The second-order valence-corrected chi connectivity index (χ2v) is 5.08. The van der Waals surface area contributed by atoms with Crippen LogP contribution in [0.5, 0.6) is 0 Å². The van der Waals surface area contributed by atoms with Crippen molar-refractivity contribution in [3.63, 3.8) is 0 Å². The van der Waals surface area contributed by atoms with Gasteiger partial charge in [-0.05, 0) is 36.2 Å². The molecule has 0 radical (unpaired) electrons. The Morgan fingerprint density at radius 1 is 1.37 bits per heavy atom. The summed E-state index contributed by atoms with van der Waals surface area (Å²) in [6.45, 7) is 0. The lowest BCUT2D eigenvalue weighted by Gasteiger charge is -2.18. The van der Waals surface area contributed by atoms with Crippen LogP contribution in [-0.2, 0) is 6.42 Å². The van der Waals surface area contributed by atoms with Crippen molar-refractivity contribution < 1.29 is 4.39 Å². The Hall–Kier alpha value is -1.50. The molecule has 19 heavy (non-hydrogen) atoms. The number of benzene rings is 1. The van der Waals surface area contributed by atoms with E-state index in [0.29, 0.717) is 17.7 Å². The maximum absolute atomic E-state index is 13.8. The van der Waals surface area contributed by atoms with E-state index in [2.05, 4.69) is 26.3 Å². The summed E-state index contributed by atoms with van der Waals surface area (Å²) < 4.78 is 14.6. The molecule has 1 heterocycles. The van der Waals surface area contributed by atoms with Crippen LogP contribution in [0.2, 0.25) is 0 Å². The van der Waals surface area contributed by atoms with Crippen LogP contribution in [0.15, 0.2) is 41.1 Å². The number of nitrogen functional groups attached to an aromatic ring is 1. The summed E-state index contributed by atoms with van der Waals surface area (Å²) in [6.07, 6.45) is 3.74. The number of halogens is 2. The molecule has 0 spiro atoms. The predicted molar refractivity (Wildman–Crippen MR) is 76.5 cm³/mol. The lowest BCUT2D eigenvalue weighted by molar-refractivity contribution is 0.510. The van der Waals surface area contributed by atoms with Crippen LogP contribution in [0, 0.1) is 5.82 Å². The van der Waals surface area contributed by atoms with Crippen molar-refractivity contribution >= 4 is 21.6 Å². The molecule has 5 N–H and O–H groups in total. The van der Waals surface area contributed by atoms with Gasteiger partial charge in [-0.1, -0.05) is 15.9 Å². The Bertz CT molecular complexity index is 576. The zero-order valence-electron chi connectivity index (χ0n) is 10.1. The molecule has 0 aliphatic rings. The number of anilines is 1. The van der Waals surface area contributed by atoms with E-state index in [4.69, 9.17) is 11.6 Å². The molecule has 2 aromatic rings. The highest BCUT2D eigenvalue weighted by atomic mass is 79.9. The Balaban J connectivity index is 2.30. The van der Waals surface area contributed by atoms with Crippen LogP contribution in [0.1, 0.15) is 17.2 Å². The van der Waals surface area contributed by atoms with Gasteiger partial charge < -0.3 is 5.73 Å². The van der Waals surface area contributed by atoms with Gasteiger partial charge in [0.25, 0.3) is 0 Å². The topological polar surface area (TPSA) is 77.0 Å². The minimum Gasteiger partial charge on any atom is -0.398 e. The summed E-state index contributed by atoms with van der Waals surface area (Å²) in [5.74, 6) is 5.22. The van der Waals surface area contributed by atoms with Gasteiger partial charge in [0.15, 0.2) is 0 Å². The van der Waals surface area contributed by atoms with E-state index in [1.807, 2.05) is 0 Å². The number of pyridine rings is 1. The Labute approximate surface area is 119 Å². The second-order valence-electron chi connectivity index (χ2n) is 4.16. The van der Waals surface area contributed by atoms with Gasteiger partial charge in [0.2, 0.25) is 0 Å². The fraction of sp³-hybridized carbons (Fsp3) is 0.154. The second kappa shape index (κ2) is 6.10. The third-order valence-electron chi connectivity index (χ3n) is 2.90. The highest BCUT2D eigenvalue weighted by Crippen LogP contribution is 2.25. The Morgan fingerprint density at radius 2 is 2.16 bits per heavy atom. The highest BCUT2D eigenvalue weighted by molar-refractivity contribution is 9.10. The number of hydrazine groups is 1. The molecule has 1 aromatic carbocycles. The van der Waals surface area contributed by atoms with E-state index in [0.717, 1.165) is 10.0 Å². The lowest BCUT2D eigenvalue weighted by atomic mass is 9.99. The fourth-order valence-corrected chi connectivity index (χ4v) is 2.25. The van der Waals surface area contributed by atoms with Crippen molar-refractivity contribution in [1.29, 1.82) is 0 Å². The molecule has 1 unspecified atom stereocenters. The molecule has 0 bridgehead atoms. The highest BCUT2D eigenvalue weighted by Gasteiger charge is 2.16. The van der Waals surface area contributed by atoms with Crippen LogP contribution >= 0.6 is 15.9 Å². The van der Waals surface area contributed by atoms with Gasteiger partial charge in [-0.25, -0.2) is 4.39 Å². The van der Waals surface area contributed by atoms with Gasteiger partial charge in [0.05, 0.1) is 6.04 Å². The molecule has 0 amide bonds.